The van der Waals surface area contributed by atoms with Gasteiger partial charge in [0.15, 0.2) is 0 Å². The summed E-state index contributed by atoms with van der Waals surface area (Å²) in [6, 6.07) is 10.5. The van der Waals surface area contributed by atoms with E-state index in [0.29, 0.717) is 5.78 Å². The Morgan fingerprint density at radius 2 is 2.06 bits per heavy atom. The second kappa shape index (κ2) is 8.22. The van der Waals surface area contributed by atoms with Crippen LogP contribution in [-0.4, -0.2) is 5.78 Å². The monoisotopic (exact) mass is 247 g/mol. The molecule has 0 aliphatic heterocycles. The zero-order valence-electron chi connectivity index (χ0n) is 10.7. The van der Waals surface area contributed by atoms with Crippen molar-refractivity contribution in [1.29, 1.82) is 0 Å². The molecule has 2 unspecified atom stereocenters. The molecule has 1 aromatic rings. The van der Waals surface area contributed by atoms with Gasteiger partial charge in [-0.25, -0.2) is 0 Å². The van der Waals surface area contributed by atoms with Crippen LogP contribution in [0.5, 0.6) is 0 Å². The molecule has 0 amide bonds. The van der Waals surface area contributed by atoms with Crippen LogP contribution in [0.3, 0.4) is 0 Å². The highest BCUT2D eigenvalue weighted by atomic mass is 31.0. The van der Waals surface area contributed by atoms with Crippen LogP contribution in [0, 0.1) is 0 Å². The molecule has 1 N–H and O–H groups in total. The summed E-state index contributed by atoms with van der Waals surface area (Å²) in [5.41, 5.74) is 2.63. The summed E-state index contributed by atoms with van der Waals surface area (Å²) >= 11 is 0. The fourth-order valence-corrected chi connectivity index (χ4v) is 2.00. The zero-order chi connectivity index (χ0) is 12.5. The van der Waals surface area contributed by atoms with Crippen LogP contribution in [0.1, 0.15) is 25.8 Å². The number of benzene rings is 1. The third kappa shape index (κ3) is 5.30. The van der Waals surface area contributed by atoms with Crippen LogP contribution in [0.4, 0.5) is 0 Å². The highest BCUT2D eigenvalue weighted by Gasteiger charge is 2.04. The molecule has 0 aromatic heterocycles. The van der Waals surface area contributed by atoms with Crippen LogP contribution in [0.2, 0.25) is 0 Å². The van der Waals surface area contributed by atoms with Gasteiger partial charge in [0, 0.05) is 12.3 Å². The van der Waals surface area contributed by atoms with E-state index in [9.17, 15) is 0 Å². The molecule has 0 fully saturated rings. The first kappa shape index (κ1) is 14.2. The van der Waals surface area contributed by atoms with Crippen LogP contribution >= 0.6 is 9.24 Å². The maximum absolute atomic E-state index is 3.50. The van der Waals surface area contributed by atoms with Gasteiger partial charge in [-0.3, -0.25) is 0 Å². The predicted octanol–water partition coefficient (Wildman–Crippen LogP) is 3.89. The van der Waals surface area contributed by atoms with Crippen molar-refractivity contribution in [2.45, 2.75) is 32.6 Å². The summed E-state index contributed by atoms with van der Waals surface area (Å²) in [6.07, 6.45) is 7.61. The minimum Gasteiger partial charge on any atom is -0.303 e. The minimum absolute atomic E-state index is 0.308. The van der Waals surface area contributed by atoms with E-state index in [0.717, 1.165) is 13.0 Å². The fourth-order valence-electron chi connectivity index (χ4n) is 1.57. The summed E-state index contributed by atoms with van der Waals surface area (Å²) in [7, 11) is 2.85. The van der Waals surface area contributed by atoms with Crippen molar-refractivity contribution in [3.05, 3.63) is 59.7 Å². The van der Waals surface area contributed by atoms with E-state index in [1.165, 1.54) is 11.1 Å². The van der Waals surface area contributed by atoms with Gasteiger partial charge in [0.1, 0.15) is 0 Å². The summed E-state index contributed by atoms with van der Waals surface area (Å²) in [5, 5.41) is 3.50. The lowest BCUT2D eigenvalue weighted by Gasteiger charge is -2.15. The maximum Gasteiger partial charge on any atom is 0.0463 e. The van der Waals surface area contributed by atoms with Gasteiger partial charge in [-0.05, 0) is 24.5 Å². The number of rotatable bonds is 6. The molecule has 1 nitrogen and oxygen atoms in total. The number of hydrogen-bond donors (Lipinski definition) is 1. The molecule has 0 aliphatic carbocycles. The second-order valence-corrected chi connectivity index (χ2v) is 4.61. The van der Waals surface area contributed by atoms with E-state index in [1.54, 1.807) is 0 Å². The van der Waals surface area contributed by atoms with E-state index >= 15 is 0 Å². The van der Waals surface area contributed by atoms with Crippen molar-refractivity contribution in [2.24, 2.45) is 0 Å². The van der Waals surface area contributed by atoms with Crippen LogP contribution in [0.25, 0.3) is 0 Å². The lowest BCUT2D eigenvalue weighted by Crippen LogP contribution is -2.24. The molecule has 0 bridgehead atoms. The molecule has 0 saturated carbocycles. The van der Waals surface area contributed by atoms with Crippen molar-refractivity contribution in [1.82, 2.24) is 5.32 Å². The molecule has 1 rings (SSSR count). The molecule has 2 atom stereocenters. The van der Waals surface area contributed by atoms with Crippen molar-refractivity contribution >= 4 is 9.24 Å². The Labute approximate surface area is 107 Å². The first-order chi connectivity index (χ1) is 8.27. The lowest BCUT2D eigenvalue weighted by atomic mass is 10.2. The van der Waals surface area contributed by atoms with Gasteiger partial charge in [-0.2, -0.15) is 0 Å². The molecule has 92 valence electrons. The van der Waals surface area contributed by atoms with Crippen LogP contribution in [0.15, 0.2) is 54.1 Å². The third-order valence-corrected chi connectivity index (χ3v) is 3.23. The molecule has 1 aromatic carbocycles. The van der Waals surface area contributed by atoms with Gasteiger partial charge in [0.2, 0.25) is 0 Å². The van der Waals surface area contributed by atoms with Gasteiger partial charge in [0.05, 0.1) is 0 Å². The van der Waals surface area contributed by atoms with E-state index in [2.05, 4.69) is 70.9 Å². The minimum atomic E-state index is 0.308. The molecule has 0 aliphatic rings. The molecule has 17 heavy (non-hydrogen) atoms. The van der Waals surface area contributed by atoms with Gasteiger partial charge < -0.3 is 5.32 Å². The van der Waals surface area contributed by atoms with E-state index in [-0.39, 0.29) is 0 Å². The molecule has 0 spiro atoms. The van der Waals surface area contributed by atoms with Gasteiger partial charge >= 0.3 is 0 Å². The van der Waals surface area contributed by atoms with Crippen molar-refractivity contribution in [3.63, 3.8) is 0 Å². The Kier molecular flexibility index (Phi) is 6.84. The van der Waals surface area contributed by atoms with Crippen molar-refractivity contribution < 1.29 is 0 Å². The first-order valence-corrected chi connectivity index (χ1v) is 6.80. The Balaban J connectivity index is 2.48. The highest BCUT2D eigenvalue weighted by Crippen LogP contribution is 2.12. The Bertz CT molecular complexity index is 368. The largest absolute Gasteiger partial charge is 0.303 e. The smallest absolute Gasteiger partial charge is 0.0463 e. The molecule has 0 saturated heterocycles. The normalized spacial score (nSPS) is 14.2. The van der Waals surface area contributed by atoms with Crippen LogP contribution in [-0.2, 0) is 6.54 Å². The van der Waals surface area contributed by atoms with Crippen molar-refractivity contribution in [3.8, 4) is 0 Å². The standard InChI is InChI=1S/C15H22NP/c1-3-5-11-14(4-2)15(17)16-12-13-9-7-6-8-10-13/h4-11,15-16H,3,12,17H2,1-2H3/b11-5-,14-4+. The Morgan fingerprint density at radius 1 is 1.35 bits per heavy atom. The highest BCUT2D eigenvalue weighted by molar-refractivity contribution is 7.18. The van der Waals surface area contributed by atoms with E-state index < -0.39 is 0 Å². The third-order valence-electron chi connectivity index (χ3n) is 2.61. The summed E-state index contributed by atoms with van der Waals surface area (Å²) in [6.45, 7) is 5.13. The average Bonchev–Trinajstić information content (AvgIpc) is 2.38. The predicted molar refractivity (Wildman–Crippen MR) is 80.0 cm³/mol. The number of nitrogens with one attached hydrogen (secondary N) is 1. The average molecular weight is 247 g/mol. The topological polar surface area (TPSA) is 12.0 Å². The molecule has 0 heterocycles. The molecule has 0 radical (unpaired) electrons. The summed E-state index contributed by atoms with van der Waals surface area (Å²) in [5.74, 6) is 0.308. The van der Waals surface area contributed by atoms with Gasteiger partial charge in [-0.15, -0.1) is 9.24 Å². The van der Waals surface area contributed by atoms with Gasteiger partial charge in [0.25, 0.3) is 0 Å². The first-order valence-electron chi connectivity index (χ1n) is 6.13. The number of allylic oxidation sites excluding steroid dienone is 2. The number of hydrogen-bond acceptors (Lipinski definition) is 1. The lowest BCUT2D eigenvalue weighted by molar-refractivity contribution is 0.710. The van der Waals surface area contributed by atoms with E-state index in [1.807, 2.05) is 6.07 Å². The fraction of sp³-hybridized carbons (Fsp3) is 0.333. The van der Waals surface area contributed by atoms with Crippen molar-refractivity contribution in [2.75, 3.05) is 0 Å². The molecular formula is C15H22NP. The summed E-state index contributed by atoms with van der Waals surface area (Å²) in [4.78, 5) is 0. The second-order valence-electron chi connectivity index (χ2n) is 3.94. The van der Waals surface area contributed by atoms with Crippen LogP contribution < -0.4 is 5.32 Å². The quantitative estimate of drug-likeness (QED) is 0.594. The zero-order valence-corrected chi connectivity index (χ0v) is 11.8. The SMILES string of the molecule is C/C=C(\C=C/CC)C(P)NCc1ccccc1. The van der Waals surface area contributed by atoms with Gasteiger partial charge in [-0.1, -0.05) is 55.5 Å². The maximum atomic E-state index is 3.50. The molecule has 2 heteroatoms. The molecular weight excluding hydrogens is 225 g/mol. The Morgan fingerprint density at radius 3 is 2.65 bits per heavy atom. The Hall–Kier alpha value is -0.910. The summed E-state index contributed by atoms with van der Waals surface area (Å²) < 4.78 is 0. The van der Waals surface area contributed by atoms with E-state index in [4.69, 9.17) is 0 Å².